The van der Waals surface area contributed by atoms with E-state index in [-0.39, 0.29) is 47.5 Å². The molecule has 4 atom stereocenters. The van der Waals surface area contributed by atoms with Crippen LogP contribution in [-0.4, -0.2) is 110 Å². The molecular weight excluding hydrogens is 724 g/mol. The number of carbonyl (C=O) groups is 4. The molecule has 14 nitrogen and oxygen atoms in total. The van der Waals surface area contributed by atoms with E-state index < -0.39 is 35.7 Å². The van der Waals surface area contributed by atoms with Gasteiger partial charge in [-0.05, 0) is 36.1 Å². The summed E-state index contributed by atoms with van der Waals surface area (Å²) in [6.45, 7) is 3.91. The molecule has 0 amide bonds. The summed E-state index contributed by atoms with van der Waals surface area (Å²) in [7, 11) is 10.5. The Kier molecular flexibility index (Phi) is 11.6. The largest absolute Gasteiger partial charge is 0.493 e. The van der Waals surface area contributed by atoms with Crippen LogP contribution in [0, 0.1) is 17.3 Å². The second-order valence-corrected chi connectivity index (χ2v) is 16.9. The number of esters is 2. The van der Waals surface area contributed by atoms with Gasteiger partial charge in [0.2, 0.25) is 11.5 Å². The van der Waals surface area contributed by atoms with E-state index in [0.29, 0.717) is 70.7 Å². The number of carboxylic acid groups (broad SMARTS) is 2. The van der Waals surface area contributed by atoms with E-state index in [9.17, 15) is 29.4 Å². The smallest absolute Gasteiger partial charge is 0.310 e. The van der Waals surface area contributed by atoms with Crippen molar-refractivity contribution in [2.75, 3.05) is 42.5 Å². The summed E-state index contributed by atoms with van der Waals surface area (Å²) in [5.41, 5.74) is 0.486. The maximum absolute atomic E-state index is 13.8. The fourth-order valence-electron chi connectivity index (χ4n) is 11.5. The Morgan fingerprint density at radius 1 is 0.607 bits per heavy atom. The Balaban J connectivity index is 1.27. The van der Waals surface area contributed by atoms with Gasteiger partial charge in [0.25, 0.3) is 0 Å². The first kappa shape index (κ1) is 41.1. The molecule has 306 valence electrons. The van der Waals surface area contributed by atoms with Crippen molar-refractivity contribution in [2.24, 2.45) is 17.3 Å². The number of carboxylic acids is 2. The summed E-state index contributed by atoms with van der Waals surface area (Å²) in [6, 6.07) is 8.03. The van der Waals surface area contributed by atoms with Gasteiger partial charge in [0.05, 0.1) is 78.5 Å². The molecule has 4 fully saturated rings. The lowest BCUT2D eigenvalue weighted by molar-refractivity contribution is -0.963. The zero-order valence-electron chi connectivity index (χ0n) is 33.9. The molecule has 4 bridgehead atoms. The highest BCUT2D eigenvalue weighted by atomic mass is 16.6. The van der Waals surface area contributed by atoms with Crippen molar-refractivity contribution in [2.45, 2.75) is 109 Å². The van der Waals surface area contributed by atoms with Gasteiger partial charge >= 0.3 is 23.9 Å². The van der Waals surface area contributed by atoms with Gasteiger partial charge in [0, 0.05) is 76.3 Å². The minimum atomic E-state index is -1.40. The monoisotopic (exact) mass is 782 g/mol. The van der Waals surface area contributed by atoms with Crippen LogP contribution in [0.5, 0.6) is 34.5 Å². The SMILES string of the molecule is COc1cc(C[N+]2(C)C3CCC2CC(C(CC(=O)O)(C(=O)O)C2CC4CCC(C2)[N+]4(C)Cc2cc(OC)c(OC(C)=O)c(OC)c2)C3)cc(OC)c1OC(C)=O. The molecular formula is C42H58N2O12+2. The van der Waals surface area contributed by atoms with Crippen LogP contribution in [0.4, 0.5) is 0 Å². The number of benzene rings is 2. The molecule has 4 aliphatic heterocycles. The third kappa shape index (κ3) is 7.26. The molecule has 4 saturated heterocycles. The summed E-state index contributed by atoms with van der Waals surface area (Å²) >= 11 is 0. The van der Waals surface area contributed by atoms with Gasteiger partial charge in [-0.3, -0.25) is 19.2 Å². The number of piperidine rings is 2. The molecule has 0 saturated carbocycles. The van der Waals surface area contributed by atoms with E-state index in [4.69, 9.17) is 28.4 Å². The minimum absolute atomic E-state index is 0.137. The number of quaternary nitrogens is 2. The van der Waals surface area contributed by atoms with Crippen LogP contribution in [0.2, 0.25) is 0 Å². The van der Waals surface area contributed by atoms with Crippen LogP contribution in [0.3, 0.4) is 0 Å². The molecule has 2 aromatic carbocycles. The van der Waals surface area contributed by atoms with Gasteiger partial charge in [-0.2, -0.15) is 0 Å². The highest BCUT2D eigenvalue weighted by Gasteiger charge is 2.64. The summed E-state index contributed by atoms with van der Waals surface area (Å²) < 4.78 is 34.7. The second kappa shape index (κ2) is 15.8. The molecule has 4 aliphatic rings. The fraction of sp³-hybridized carbons (Fsp3) is 0.619. The standard InChI is InChI=1S/C42H56N2O12/c1-24(45)55-39-34(51-5)13-26(14-35(39)52-6)22-43(3)30-9-10-31(43)18-28(17-30)42(41(49)50,21-38(47)48)29-19-32-11-12-33(20-29)44(32,4)23-27-15-36(53-7)40(56-25(2)46)37(16-27)54-8/h13-16,28-33H,9-12,17-23H2,1-8H3/p+2. The molecule has 6 rings (SSSR count). The Morgan fingerprint density at radius 2 is 0.911 bits per heavy atom. The summed E-state index contributed by atoms with van der Waals surface area (Å²) in [6.07, 6.45) is 5.79. The number of hydrogen-bond donors (Lipinski definition) is 2. The van der Waals surface area contributed by atoms with E-state index in [0.717, 1.165) is 36.8 Å². The Hall–Kier alpha value is -4.56. The van der Waals surface area contributed by atoms with Crippen molar-refractivity contribution >= 4 is 23.9 Å². The highest BCUT2D eigenvalue weighted by Crippen LogP contribution is 2.59. The van der Waals surface area contributed by atoms with Crippen molar-refractivity contribution < 1.29 is 66.8 Å². The predicted molar refractivity (Wildman–Crippen MR) is 203 cm³/mol. The lowest BCUT2D eigenvalue weighted by Gasteiger charge is -2.55. The Bertz CT molecular complexity index is 1670. The number of ether oxygens (including phenoxy) is 6. The first-order valence-corrected chi connectivity index (χ1v) is 19.5. The van der Waals surface area contributed by atoms with Gasteiger partial charge in [0.15, 0.2) is 23.0 Å². The highest BCUT2D eigenvalue weighted by molar-refractivity contribution is 5.82. The van der Waals surface area contributed by atoms with Crippen molar-refractivity contribution in [3.05, 3.63) is 35.4 Å². The first-order valence-electron chi connectivity index (χ1n) is 19.5. The number of methoxy groups -OCH3 is 4. The minimum Gasteiger partial charge on any atom is -0.493 e. The molecule has 14 heteroatoms. The van der Waals surface area contributed by atoms with E-state index in [1.807, 2.05) is 24.3 Å². The van der Waals surface area contributed by atoms with Gasteiger partial charge in [0.1, 0.15) is 13.1 Å². The Labute approximate surface area is 328 Å². The molecule has 0 radical (unpaired) electrons. The normalized spacial score (nSPS) is 30.1. The van der Waals surface area contributed by atoms with Gasteiger partial charge in [-0.25, -0.2) is 0 Å². The molecule has 56 heavy (non-hydrogen) atoms. The Morgan fingerprint density at radius 3 is 1.14 bits per heavy atom. The van der Waals surface area contributed by atoms with Crippen LogP contribution < -0.4 is 28.4 Å². The number of fused-ring (bicyclic) bond motifs is 4. The van der Waals surface area contributed by atoms with Gasteiger partial charge in [-0.15, -0.1) is 0 Å². The number of nitrogens with zero attached hydrogens (tertiary/aromatic N) is 2. The molecule has 0 aliphatic carbocycles. The van der Waals surface area contributed by atoms with Crippen LogP contribution in [0.25, 0.3) is 0 Å². The summed E-state index contributed by atoms with van der Waals surface area (Å²) in [5, 5.41) is 21.7. The van der Waals surface area contributed by atoms with Crippen molar-refractivity contribution in [3.8, 4) is 34.5 Å². The number of aliphatic carboxylic acids is 2. The number of rotatable bonds is 15. The van der Waals surface area contributed by atoms with Gasteiger partial charge < -0.3 is 47.6 Å². The number of carbonyl (C=O) groups excluding carboxylic acids is 2. The maximum Gasteiger partial charge on any atom is 0.310 e. The number of hydrogen-bond acceptors (Lipinski definition) is 10. The van der Waals surface area contributed by atoms with E-state index >= 15 is 0 Å². The molecule has 4 heterocycles. The van der Waals surface area contributed by atoms with Crippen molar-refractivity contribution in [3.63, 3.8) is 0 Å². The van der Waals surface area contributed by atoms with Crippen LogP contribution >= 0.6 is 0 Å². The molecule has 2 aromatic rings. The maximum atomic E-state index is 13.8. The zero-order valence-corrected chi connectivity index (χ0v) is 33.9. The van der Waals surface area contributed by atoms with E-state index in [2.05, 4.69) is 14.1 Å². The third-order valence-corrected chi connectivity index (χ3v) is 14.1. The lowest BCUT2D eigenvalue weighted by Crippen LogP contribution is -2.63. The molecule has 0 spiro atoms. The third-order valence-electron chi connectivity index (χ3n) is 14.1. The van der Waals surface area contributed by atoms with Crippen LogP contribution in [0.1, 0.15) is 82.8 Å². The lowest BCUT2D eigenvalue weighted by atomic mass is 9.57. The van der Waals surface area contributed by atoms with Crippen LogP contribution in [0.15, 0.2) is 24.3 Å². The second-order valence-electron chi connectivity index (χ2n) is 16.9. The molecule has 4 unspecified atom stereocenters. The topological polar surface area (TPSA) is 164 Å². The zero-order chi connectivity index (χ0) is 40.7. The predicted octanol–water partition coefficient (Wildman–Crippen LogP) is 5.59. The average Bonchev–Trinajstić information content (AvgIpc) is 3.37. The van der Waals surface area contributed by atoms with E-state index in [1.165, 1.54) is 42.3 Å². The summed E-state index contributed by atoms with van der Waals surface area (Å²) in [5.74, 6) is -1.60. The molecule has 2 N–H and O–H groups in total. The fourth-order valence-corrected chi connectivity index (χ4v) is 11.5. The average molecular weight is 783 g/mol. The first-order chi connectivity index (χ1) is 26.5. The van der Waals surface area contributed by atoms with Crippen molar-refractivity contribution in [1.82, 2.24) is 0 Å². The van der Waals surface area contributed by atoms with Crippen molar-refractivity contribution in [1.29, 1.82) is 0 Å². The summed E-state index contributed by atoms with van der Waals surface area (Å²) in [4.78, 5) is 50.2. The van der Waals surface area contributed by atoms with Gasteiger partial charge in [-0.1, -0.05) is 0 Å². The van der Waals surface area contributed by atoms with Crippen LogP contribution in [-0.2, 0) is 32.3 Å². The van der Waals surface area contributed by atoms with E-state index in [1.54, 1.807) is 0 Å². The molecule has 0 aromatic heterocycles. The quantitative estimate of drug-likeness (QED) is 0.131.